The molecule has 0 aromatic heterocycles. The average Bonchev–Trinajstić information content (AvgIpc) is 3.03. The molecule has 2 bridgehead atoms. The van der Waals surface area contributed by atoms with Gasteiger partial charge in [0.25, 0.3) is 0 Å². The van der Waals surface area contributed by atoms with E-state index in [1.54, 1.807) is 6.08 Å². The number of halogens is 1. The van der Waals surface area contributed by atoms with Crippen LogP contribution in [0.3, 0.4) is 0 Å². The second-order valence-corrected chi connectivity index (χ2v) is 10.0. The molecule has 0 spiro atoms. The van der Waals surface area contributed by atoms with Gasteiger partial charge in [-0.15, -0.1) is 11.8 Å². The number of carbonyl (C=O) groups excluding carboxylic acids is 1. The molecule has 2 saturated heterocycles. The number of ether oxygens (including phenoxy) is 2. The van der Waals surface area contributed by atoms with E-state index in [1.165, 1.54) is 12.1 Å². The topological polar surface area (TPSA) is 92.7 Å². The molecule has 146 valence electrons. The van der Waals surface area contributed by atoms with E-state index in [0.29, 0.717) is 17.1 Å². The lowest BCUT2D eigenvalue weighted by Gasteiger charge is -2.51. The molecule has 3 aliphatic rings. The molecule has 2 heterocycles. The van der Waals surface area contributed by atoms with Crippen LogP contribution in [-0.2, 0) is 14.9 Å². The van der Waals surface area contributed by atoms with Crippen LogP contribution >= 0.6 is 11.8 Å². The highest BCUT2D eigenvalue weighted by Gasteiger charge is 2.69. The highest BCUT2D eigenvalue weighted by molar-refractivity contribution is 8.01. The number of hydrogen-bond acceptors (Lipinski definition) is 7. The zero-order valence-electron chi connectivity index (χ0n) is 14.3. The fourth-order valence-corrected chi connectivity index (χ4v) is 6.85. The fourth-order valence-electron chi connectivity index (χ4n) is 4.34. The molecule has 6 nitrogen and oxygen atoms in total. The van der Waals surface area contributed by atoms with Crippen LogP contribution in [0.5, 0.6) is 5.75 Å². The first-order valence-corrected chi connectivity index (χ1v) is 11.1. The fraction of sp³-hybridized carbons (Fsp3) is 0.500. The minimum atomic E-state index is -4.48. The minimum absolute atomic E-state index is 0.0243. The number of hydrogen-bond donors (Lipinski definition) is 0. The van der Waals surface area contributed by atoms with Crippen molar-refractivity contribution in [2.45, 2.75) is 28.9 Å². The van der Waals surface area contributed by atoms with Crippen molar-refractivity contribution >= 4 is 27.8 Å². The van der Waals surface area contributed by atoms with Gasteiger partial charge in [-0.25, -0.2) is 17.6 Å². The Bertz CT molecular complexity index is 895. The summed E-state index contributed by atoms with van der Waals surface area (Å²) in [5, 5.41) is 0.749. The van der Waals surface area contributed by atoms with Crippen LogP contribution in [0.15, 0.2) is 30.9 Å². The minimum Gasteiger partial charge on any atom is -0.748 e. The first-order chi connectivity index (χ1) is 12.7. The molecule has 27 heavy (non-hydrogen) atoms. The number of fused-ring (bicyclic) bond motifs is 1. The van der Waals surface area contributed by atoms with Crippen molar-refractivity contribution in [2.24, 2.45) is 11.8 Å². The molecule has 0 radical (unpaired) electrons. The number of carbonyl (C=O) groups is 1. The lowest BCUT2D eigenvalue weighted by atomic mass is 9.57. The third-order valence-corrected chi connectivity index (χ3v) is 8.26. The van der Waals surface area contributed by atoms with Crippen LogP contribution in [0.4, 0.5) is 4.39 Å². The first kappa shape index (κ1) is 18.8. The lowest BCUT2D eigenvalue weighted by Crippen LogP contribution is -2.59. The van der Waals surface area contributed by atoms with Crippen LogP contribution in [0, 0.1) is 17.7 Å². The zero-order valence-corrected chi connectivity index (χ0v) is 15.9. The van der Waals surface area contributed by atoms with E-state index < -0.39 is 39.9 Å². The van der Waals surface area contributed by atoms with E-state index in [2.05, 4.69) is 6.58 Å². The number of esters is 1. The molecule has 1 aromatic carbocycles. The van der Waals surface area contributed by atoms with Crippen LogP contribution in [0.2, 0.25) is 0 Å². The van der Waals surface area contributed by atoms with Gasteiger partial charge in [0, 0.05) is 16.4 Å². The van der Waals surface area contributed by atoms with E-state index in [-0.39, 0.29) is 16.6 Å². The summed E-state index contributed by atoms with van der Waals surface area (Å²) in [6.45, 7) is 3.36. The Morgan fingerprint density at radius 2 is 2.22 bits per heavy atom. The Kier molecular flexibility index (Phi) is 4.51. The van der Waals surface area contributed by atoms with Gasteiger partial charge in [0.2, 0.25) is 0 Å². The van der Waals surface area contributed by atoms with Gasteiger partial charge in [0.1, 0.15) is 12.2 Å². The molecule has 1 aromatic rings. The molecule has 3 fully saturated rings. The van der Waals surface area contributed by atoms with Crippen molar-refractivity contribution in [1.29, 1.82) is 0 Å². The molecular weight excluding hydrogens is 395 g/mol. The van der Waals surface area contributed by atoms with Gasteiger partial charge in [0.05, 0.1) is 21.4 Å². The Morgan fingerprint density at radius 3 is 2.81 bits per heavy atom. The van der Waals surface area contributed by atoms with E-state index in [9.17, 15) is 22.2 Å². The van der Waals surface area contributed by atoms with Gasteiger partial charge < -0.3 is 14.0 Å². The van der Waals surface area contributed by atoms with E-state index in [1.807, 2.05) is 11.8 Å². The van der Waals surface area contributed by atoms with Crippen LogP contribution in [-0.4, -0.2) is 47.4 Å². The normalized spacial score (nSPS) is 33.4. The SMILES string of the molecule is C=CC1(Oc2cc(C(=O)OCCS(=O)(=O)[O-])ccc2F)C2CC3CC1C3S2. The number of rotatable bonds is 7. The van der Waals surface area contributed by atoms with Crippen molar-refractivity contribution in [3.63, 3.8) is 0 Å². The van der Waals surface area contributed by atoms with Gasteiger partial charge in [-0.2, -0.15) is 0 Å². The molecular formula is C18H18FO6S2-. The molecule has 0 amide bonds. The van der Waals surface area contributed by atoms with Gasteiger partial charge >= 0.3 is 5.97 Å². The highest BCUT2D eigenvalue weighted by atomic mass is 32.2. The van der Waals surface area contributed by atoms with Crippen molar-refractivity contribution in [3.05, 3.63) is 42.2 Å². The second kappa shape index (κ2) is 6.49. The zero-order chi connectivity index (χ0) is 19.4. The highest BCUT2D eigenvalue weighted by Crippen LogP contribution is 2.68. The molecule has 9 heteroatoms. The predicted octanol–water partition coefficient (Wildman–Crippen LogP) is 2.36. The second-order valence-electron chi connectivity index (χ2n) is 7.13. The Morgan fingerprint density at radius 1 is 1.44 bits per heavy atom. The molecule has 1 aliphatic carbocycles. The number of benzene rings is 1. The summed E-state index contributed by atoms with van der Waals surface area (Å²) in [6, 6.07) is 3.59. The quantitative estimate of drug-likeness (QED) is 0.385. The third kappa shape index (κ3) is 3.15. The number of thioether (sulfide) groups is 1. The van der Waals surface area contributed by atoms with Gasteiger partial charge in [-0.1, -0.05) is 6.58 Å². The largest absolute Gasteiger partial charge is 0.748 e. The summed E-state index contributed by atoms with van der Waals surface area (Å²) in [7, 11) is -4.48. The summed E-state index contributed by atoms with van der Waals surface area (Å²) in [5.41, 5.74) is -0.624. The third-order valence-electron chi connectivity index (χ3n) is 5.68. The van der Waals surface area contributed by atoms with Gasteiger partial charge in [0.15, 0.2) is 11.6 Å². The smallest absolute Gasteiger partial charge is 0.338 e. The molecule has 2 aliphatic heterocycles. The van der Waals surface area contributed by atoms with Gasteiger partial charge in [-0.05, 0) is 43.0 Å². The van der Waals surface area contributed by atoms with Crippen LogP contribution in [0.1, 0.15) is 23.2 Å². The molecule has 5 atom stereocenters. The summed E-state index contributed by atoms with van der Waals surface area (Å²) in [5.74, 6) is -1.31. The van der Waals surface area contributed by atoms with Crippen LogP contribution in [0.25, 0.3) is 0 Å². The first-order valence-electron chi connectivity index (χ1n) is 8.62. The Labute approximate surface area is 160 Å². The monoisotopic (exact) mass is 413 g/mol. The molecule has 5 unspecified atom stereocenters. The summed E-state index contributed by atoms with van der Waals surface area (Å²) in [6.07, 6.45) is 3.81. The van der Waals surface area contributed by atoms with Crippen molar-refractivity contribution in [3.8, 4) is 5.75 Å². The summed E-state index contributed by atoms with van der Waals surface area (Å²) >= 11 is 1.87. The molecule has 0 N–H and O–H groups in total. The summed E-state index contributed by atoms with van der Waals surface area (Å²) in [4.78, 5) is 12.1. The maximum Gasteiger partial charge on any atom is 0.338 e. The maximum absolute atomic E-state index is 14.3. The Balaban J connectivity index is 1.51. The standard InChI is InChI=1S/C18H19FO6S2/c1-2-18(12-7-11-9-15(18)26-16(11)12)25-14-8-10(3-4-13(14)19)17(20)24-5-6-27(21,22)23/h2-4,8,11-12,15-16H,1,5-7,9H2,(H,21,22,23)/p-1. The van der Waals surface area contributed by atoms with E-state index in [0.717, 1.165) is 18.9 Å². The van der Waals surface area contributed by atoms with Crippen LogP contribution < -0.4 is 4.74 Å². The van der Waals surface area contributed by atoms with Crippen molar-refractivity contribution in [2.75, 3.05) is 12.4 Å². The van der Waals surface area contributed by atoms with E-state index >= 15 is 0 Å². The van der Waals surface area contributed by atoms with Crippen molar-refractivity contribution < 1.29 is 31.6 Å². The summed E-state index contributed by atoms with van der Waals surface area (Å²) < 4.78 is 57.0. The maximum atomic E-state index is 14.3. The Hall–Kier alpha value is -1.58. The van der Waals surface area contributed by atoms with E-state index in [4.69, 9.17) is 9.47 Å². The molecule has 1 saturated carbocycles. The van der Waals surface area contributed by atoms with Crippen molar-refractivity contribution in [1.82, 2.24) is 0 Å². The average molecular weight is 413 g/mol. The predicted molar refractivity (Wildman–Crippen MR) is 96.2 cm³/mol. The lowest BCUT2D eigenvalue weighted by molar-refractivity contribution is -0.0380. The molecule has 4 rings (SSSR count). The van der Waals surface area contributed by atoms with Gasteiger partial charge in [-0.3, -0.25) is 0 Å².